The van der Waals surface area contributed by atoms with Crippen LogP contribution in [0.3, 0.4) is 0 Å². The van der Waals surface area contributed by atoms with Gasteiger partial charge in [-0.1, -0.05) is 18.2 Å². The van der Waals surface area contributed by atoms with Crippen molar-refractivity contribution in [1.82, 2.24) is 5.32 Å². The zero-order valence-corrected chi connectivity index (χ0v) is 18.9. The fraction of sp³-hybridized carbons (Fsp3) is 0.375. The Kier molecular flexibility index (Phi) is 7.15. The van der Waals surface area contributed by atoms with Crippen LogP contribution in [-0.4, -0.2) is 49.7 Å². The molecule has 3 amide bonds. The Morgan fingerprint density at radius 1 is 1.09 bits per heavy atom. The molecule has 3 N–H and O–H groups in total. The van der Waals surface area contributed by atoms with Crippen LogP contribution in [0.15, 0.2) is 42.5 Å². The maximum absolute atomic E-state index is 12.8. The minimum atomic E-state index is -0.444. The van der Waals surface area contributed by atoms with Crippen LogP contribution in [0.25, 0.3) is 11.1 Å². The van der Waals surface area contributed by atoms with Gasteiger partial charge in [-0.15, -0.1) is 0 Å². The summed E-state index contributed by atoms with van der Waals surface area (Å²) in [6.45, 7) is 8.16. The maximum atomic E-state index is 12.8. The van der Waals surface area contributed by atoms with Crippen molar-refractivity contribution in [1.29, 1.82) is 0 Å². The number of nitrogens with one attached hydrogen (secondary N) is 1. The molecule has 1 aliphatic heterocycles. The molecule has 0 fully saturated rings. The zero-order valence-electron chi connectivity index (χ0n) is 18.9. The highest BCUT2D eigenvalue weighted by molar-refractivity contribution is 6.03. The average molecular weight is 439 g/mol. The molecule has 1 unspecified atom stereocenters. The topological polar surface area (TPSA) is 105 Å². The second-order valence-corrected chi connectivity index (χ2v) is 8.11. The van der Waals surface area contributed by atoms with Crippen molar-refractivity contribution in [2.45, 2.75) is 39.8 Å². The Bertz CT molecular complexity index is 1000. The highest BCUT2D eigenvalue weighted by Gasteiger charge is 2.34. The van der Waals surface area contributed by atoms with Gasteiger partial charge in [-0.05, 0) is 56.2 Å². The predicted molar refractivity (Wildman–Crippen MR) is 125 cm³/mol. The molecule has 1 atom stereocenters. The minimum Gasteiger partial charge on any atom is -0.446 e. The van der Waals surface area contributed by atoms with Crippen molar-refractivity contribution in [3.05, 3.63) is 48.0 Å². The molecule has 0 radical (unpaired) electrons. The second-order valence-electron chi connectivity index (χ2n) is 8.11. The van der Waals surface area contributed by atoms with Gasteiger partial charge in [0, 0.05) is 32.1 Å². The molecule has 0 saturated carbocycles. The lowest BCUT2D eigenvalue weighted by Gasteiger charge is -2.40. The van der Waals surface area contributed by atoms with Crippen molar-refractivity contribution in [2.75, 3.05) is 29.4 Å². The summed E-state index contributed by atoms with van der Waals surface area (Å²) in [5.41, 5.74) is 9.00. The van der Waals surface area contributed by atoms with E-state index in [1.165, 1.54) is 6.92 Å². The first kappa shape index (κ1) is 23.3. The van der Waals surface area contributed by atoms with E-state index in [9.17, 15) is 14.4 Å². The molecule has 170 valence electrons. The Labute approximate surface area is 188 Å². The van der Waals surface area contributed by atoms with Crippen molar-refractivity contribution < 1.29 is 19.1 Å². The van der Waals surface area contributed by atoms with Crippen LogP contribution in [0.2, 0.25) is 0 Å². The summed E-state index contributed by atoms with van der Waals surface area (Å²) in [5, 5.41) is 2.74. The van der Waals surface area contributed by atoms with Gasteiger partial charge in [0.05, 0.1) is 23.5 Å². The Morgan fingerprint density at radius 2 is 1.75 bits per heavy atom. The summed E-state index contributed by atoms with van der Waals surface area (Å²) >= 11 is 0. The SMILES string of the molecule is CC(=O)N1c2ccc(-c3ccc(C(=O)NCCN)cc3)cc2N(C(=O)OC(C)C)CC1C. The molecule has 1 aliphatic rings. The van der Waals surface area contributed by atoms with E-state index in [1.54, 1.807) is 35.8 Å². The molecule has 2 aromatic carbocycles. The third-order valence-corrected chi connectivity index (χ3v) is 5.22. The van der Waals surface area contributed by atoms with E-state index in [1.807, 2.05) is 37.3 Å². The number of benzene rings is 2. The number of carbonyl (C=O) groups is 3. The first-order valence-corrected chi connectivity index (χ1v) is 10.7. The number of hydrogen-bond acceptors (Lipinski definition) is 5. The van der Waals surface area contributed by atoms with E-state index in [0.717, 1.165) is 11.1 Å². The van der Waals surface area contributed by atoms with Gasteiger partial charge in [0.15, 0.2) is 0 Å². The molecular formula is C24H30N4O4. The van der Waals surface area contributed by atoms with Crippen LogP contribution in [0.1, 0.15) is 38.1 Å². The fourth-order valence-corrected chi connectivity index (χ4v) is 3.82. The van der Waals surface area contributed by atoms with Gasteiger partial charge < -0.3 is 20.7 Å². The fourth-order valence-electron chi connectivity index (χ4n) is 3.82. The monoisotopic (exact) mass is 438 g/mol. The minimum absolute atomic E-state index is 0.0868. The largest absolute Gasteiger partial charge is 0.446 e. The van der Waals surface area contributed by atoms with Gasteiger partial charge in [-0.25, -0.2) is 4.79 Å². The number of carbonyl (C=O) groups excluding carboxylic acids is 3. The molecule has 0 aliphatic carbocycles. The average Bonchev–Trinajstić information content (AvgIpc) is 2.75. The summed E-state index contributed by atoms with van der Waals surface area (Å²) in [4.78, 5) is 40.5. The van der Waals surface area contributed by atoms with Crippen LogP contribution < -0.4 is 20.9 Å². The van der Waals surface area contributed by atoms with E-state index in [2.05, 4.69) is 5.32 Å². The van der Waals surface area contributed by atoms with Gasteiger partial charge >= 0.3 is 6.09 Å². The molecule has 3 rings (SSSR count). The number of anilines is 2. The number of fused-ring (bicyclic) bond motifs is 1. The third-order valence-electron chi connectivity index (χ3n) is 5.22. The van der Waals surface area contributed by atoms with Crippen LogP contribution in [0.4, 0.5) is 16.2 Å². The number of amides is 3. The quantitative estimate of drug-likeness (QED) is 0.746. The number of ether oxygens (including phenoxy) is 1. The summed E-state index contributed by atoms with van der Waals surface area (Å²) in [6, 6.07) is 12.6. The predicted octanol–water partition coefficient (Wildman–Crippen LogP) is 3.15. The lowest BCUT2D eigenvalue weighted by atomic mass is 9.99. The van der Waals surface area contributed by atoms with E-state index in [-0.39, 0.29) is 24.0 Å². The van der Waals surface area contributed by atoms with E-state index < -0.39 is 6.09 Å². The normalized spacial score (nSPS) is 15.4. The Hall–Kier alpha value is -3.39. The standard InChI is InChI=1S/C24H30N4O4/c1-15(2)32-24(31)27-14-16(3)28(17(4)29)21-10-9-20(13-22(21)27)18-5-7-19(8-6-18)23(30)26-12-11-25/h5-10,13,15-16H,11-12,14,25H2,1-4H3,(H,26,30). The lowest BCUT2D eigenvalue weighted by molar-refractivity contribution is -0.117. The van der Waals surface area contributed by atoms with Crippen molar-refractivity contribution in [3.8, 4) is 11.1 Å². The van der Waals surface area contributed by atoms with E-state index >= 15 is 0 Å². The molecule has 0 saturated heterocycles. The molecular weight excluding hydrogens is 408 g/mol. The molecule has 2 aromatic rings. The summed E-state index contributed by atoms with van der Waals surface area (Å²) in [7, 11) is 0. The van der Waals surface area contributed by atoms with Gasteiger partial charge in [0.25, 0.3) is 5.91 Å². The first-order valence-electron chi connectivity index (χ1n) is 10.7. The van der Waals surface area contributed by atoms with Crippen molar-refractivity contribution in [3.63, 3.8) is 0 Å². The highest BCUT2D eigenvalue weighted by atomic mass is 16.6. The molecule has 1 heterocycles. The van der Waals surface area contributed by atoms with E-state index in [4.69, 9.17) is 10.5 Å². The Balaban J connectivity index is 1.98. The second kappa shape index (κ2) is 9.82. The number of rotatable bonds is 5. The first-order chi connectivity index (χ1) is 15.2. The molecule has 0 spiro atoms. The smallest absolute Gasteiger partial charge is 0.414 e. The van der Waals surface area contributed by atoms with Crippen molar-refractivity contribution >= 4 is 29.3 Å². The molecule has 8 nitrogen and oxygen atoms in total. The lowest BCUT2D eigenvalue weighted by Crippen LogP contribution is -2.51. The summed E-state index contributed by atoms with van der Waals surface area (Å²) < 4.78 is 5.44. The van der Waals surface area contributed by atoms with Crippen LogP contribution in [0, 0.1) is 0 Å². The van der Waals surface area contributed by atoms with Gasteiger partial charge in [0.1, 0.15) is 0 Å². The highest BCUT2D eigenvalue weighted by Crippen LogP contribution is 2.39. The van der Waals surface area contributed by atoms with Crippen LogP contribution in [-0.2, 0) is 9.53 Å². The number of nitrogens with zero attached hydrogens (tertiary/aromatic N) is 2. The Morgan fingerprint density at radius 3 is 2.34 bits per heavy atom. The van der Waals surface area contributed by atoms with Gasteiger partial charge in [-0.3, -0.25) is 14.5 Å². The van der Waals surface area contributed by atoms with Crippen LogP contribution in [0.5, 0.6) is 0 Å². The number of hydrogen-bond donors (Lipinski definition) is 2. The summed E-state index contributed by atoms with van der Waals surface area (Å²) in [5.74, 6) is -0.266. The van der Waals surface area contributed by atoms with Gasteiger partial charge in [-0.2, -0.15) is 0 Å². The molecule has 0 aromatic heterocycles. The van der Waals surface area contributed by atoms with Crippen molar-refractivity contribution in [2.24, 2.45) is 5.73 Å². The molecule has 8 heteroatoms. The van der Waals surface area contributed by atoms with E-state index in [0.29, 0.717) is 36.6 Å². The summed E-state index contributed by atoms with van der Waals surface area (Å²) in [6.07, 6.45) is -0.700. The van der Waals surface area contributed by atoms with Gasteiger partial charge in [0.2, 0.25) is 5.91 Å². The molecule has 0 bridgehead atoms. The van der Waals surface area contributed by atoms with Crippen LogP contribution >= 0.6 is 0 Å². The molecule has 32 heavy (non-hydrogen) atoms. The number of nitrogens with two attached hydrogens (primary N) is 1. The third kappa shape index (κ3) is 4.91. The zero-order chi connectivity index (χ0) is 23.4. The maximum Gasteiger partial charge on any atom is 0.414 e.